The highest BCUT2D eigenvalue weighted by molar-refractivity contribution is 5.91. The van der Waals surface area contributed by atoms with Gasteiger partial charge in [-0.1, -0.05) is 45.0 Å². The Kier molecular flexibility index (Phi) is 8.72. The van der Waals surface area contributed by atoms with Crippen molar-refractivity contribution in [3.63, 3.8) is 0 Å². The summed E-state index contributed by atoms with van der Waals surface area (Å²) in [6.45, 7) is 15.7. The molecule has 2 spiro atoms. The summed E-state index contributed by atoms with van der Waals surface area (Å²) in [5.41, 5.74) is 0.768. The van der Waals surface area contributed by atoms with Crippen molar-refractivity contribution in [3.05, 3.63) is 29.8 Å². The molecule has 1 N–H and O–H groups in total. The van der Waals surface area contributed by atoms with E-state index in [9.17, 15) is 4.79 Å². The first-order chi connectivity index (χ1) is 24.8. The second-order valence-corrected chi connectivity index (χ2v) is 19.0. The third-order valence-corrected chi connectivity index (χ3v) is 15.8. The van der Waals surface area contributed by atoms with E-state index in [2.05, 4.69) is 46.9 Å². The Bertz CT molecular complexity index is 1590. The van der Waals surface area contributed by atoms with Crippen molar-refractivity contribution >= 4 is 17.5 Å². The van der Waals surface area contributed by atoms with Gasteiger partial charge in [0.1, 0.15) is 28.5 Å². The Hall–Kier alpha value is -2.08. The summed E-state index contributed by atoms with van der Waals surface area (Å²) in [4.78, 5) is 44.9. The lowest BCUT2D eigenvalue weighted by atomic mass is 9.55. The van der Waals surface area contributed by atoms with Crippen molar-refractivity contribution in [1.29, 1.82) is 0 Å². The maximum absolute atomic E-state index is 13.3. The SMILES string of the molecule is Cc1cccc(NC(=O)O/N=C(/C[C@H]2O[C@@H]3C[C@]4(C)CC[C@H]5[C@H](C)CC[C@@H]([C@H]2C)[C@@]35OO4)[C@H]2O[C@@H]3C[C@]4(C)CC[C@H]5[C@H](C)CC[C@@H]([C@H]2C)[C@@]35OO4)c1. The van der Waals surface area contributed by atoms with Gasteiger partial charge in [-0.25, -0.2) is 24.3 Å². The summed E-state index contributed by atoms with van der Waals surface area (Å²) in [7, 11) is 0. The maximum atomic E-state index is 13.3. The van der Waals surface area contributed by atoms with Crippen LogP contribution in [0.3, 0.4) is 0 Å². The predicted octanol–water partition coefficient (Wildman–Crippen LogP) is 8.71. The van der Waals surface area contributed by atoms with Crippen LogP contribution in [0.4, 0.5) is 10.5 Å². The fraction of sp³-hybridized carbons (Fsp3) is 0.810. The van der Waals surface area contributed by atoms with Crippen LogP contribution >= 0.6 is 0 Å². The topological polar surface area (TPSA) is 106 Å². The van der Waals surface area contributed by atoms with Gasteiger partial charge in [0.15, 0.2) is 0 Å². The summed E-state index contributed by atoms with van der Waals surface area (Å²) in [5, 5.41) is 7.62. The van der Waals surface area contributed by atoms with Gasteiger partial charge in [-0.2, -0.15) is 0 Å². The molecule has 10 nitrogen and oxygen atoms in total. The van der Waals surface area contributed by atoms with Crippen LogP contribution in [0.5, 0.6) is 0 Å². The molecule has 1 amide bonds. The van der Waals surface area contributed by atoms with Gasteiger partial charge in [0, 0.05) is 24.9 Å². The van der Waals surface area contributed by atoms with Crippen LogP contribution in [0.15, 0.2) is 29.4 Å². The average molecular weight is 721 g/mol. The van der Waals surface area contributed by atoms with E-state index in [4.69, 9.17) is 39.0 Å². The van der Waals surface area contributed by atoms with Crippen LogP contribution in [-0.2, 0) is 33.9 Å². The van der Waals surface area contributed by atoms with Gasteiger partial charge < -0.3 is 9.47 Å². The molecule has 16 atom stereocenters. The first-order valence-corrected chi connectivity index (χ1v) is 20.5. The fourth-order valence-corrected chi connectivity index (χ4v) is 13.0. The number of carbonyl (C=O) groups is 1. The quantitative estimate of drug-likeness (QED) is 0.139. The number of oxime groups is 1. The van der Waals surface area contributed by atoms with Gasteiger partial charge in [0.05, 0.1) is 24.0 Å². The summed E-state index contributed by atoms with van der Waals surface area (Å²) in [6.07, 6.45) is 9.33. The number of aryl methyl sites for hydroxylation is 1. The van der Waals surface area contributed by atoms with Crippen molar-refractivity contribution < 1.29 is 38.7 Å². The number of hydrogen-bond acceptors (Lipinski definition) is 9. The zero-order valence-electron chi connectivity index (χ0n) is 32.2. The highest BCUT2D eigenvalue weighted by atomic mass is 17.2. The second-order valence-electron chi connectivity index (χ2n) is 19.0. The van der Waals surface area contributed by atoms with Crippen LogP contribution in [-0.4, -0.2) is 58.6 Å². The van der Waals surface area contributed by atoms with Gasteiger partial charge in [-0.3, -0.25) is 10.2 Å². The molecule has 4 saturated carbocycles. The van der Waals surface area contributed by atoms with E-state index >= 15 is 0 Å². The van der Waals surface area contributed by atoms with E-state index in [0.717, 1.165) is 69.1 Å². The van der Waals surface area contributed by atoms with Crippen LogP contribution in [0.2, 0.25) is 0 Å². The maximum Gasteiger partial charge on any atom is 0.437 e. The molecule has 6 heterocycles. The zero-order valence-corrected chi connectivity index (χ0v) is 32.2. The summed E-state index contributed by atoms with van der Waals surface area (Å²) in [5.74, 6) is 2.63. The van der Waals surface area contributed by atoms with E-state index in [1.54, 1.807) is 0 Å². The third kappa shape index (κ3) is 5.47. The van der Waals surface area contributed by atoms with Crippen molar-refractivity contribution in [3.8, 4) is 0 Å². The molecule has 1 aromatic carbocycles. The Labute approximate surface area is 309 Å². The van der Waals surface area contributed by atoms with Gasteiger partial charge in [-0.05, 0) is 137 Å². The molecule has 6 aliphatic heterocycles. The molecule has 0 radical (unpaired) electrons. The summed E-state index contributed by atoms with van der Waals surface area (Å²) >= 11 is 0. The van der Waals surface area contributed by atoms with E-state index in [-0.39, 0.29) is 47.8 Å². The van der Waals surface area contributed by atoms with Crippen molar-refractivity contribution in [2.24, 2.45) is 52.5 Å². The molecule has 0 aromatic heterocycles. The normalized spacial score (nSPS) is 50.7. The van der Waals surface area contributed by atoms with Crippen LogP contribution < -0.4 is 5.32 Å². The van der Waals surface area contributed by atoms with E-state index < -0.39 is 22.9 Å². The number of nitrogens with zero attached hydrogens (tertiary/aromatic N) is 1. The number of benzene rings is 1. The number of amides is 1. The highest BCUT2D eigenvalue weighted by Crippen LogP contribution is 2.63. The van der Waals surface area contributed by atoms with Crippen LogP contribution in [0.25, 0.3) is 0 Å². The molecule has 0 unspecified atom stereocenters. The number of fused-ring (bicyclic) bond motifs is 4. The predicted molar refractivity (Wildman–Crippen MR) is 194 cm³/mol. The minimum Gasteiger partial charge on any atom is -0.371 e. The van der Waals surface area contributed by atoms with E-state index in [1.807, 2.05) is 31.2 Å². The Balaban J connectivity index is 1.05. The number of rotatable bonds is 5. The molecular weight excluding hydrogens is 660 g/mol. The zero-order chi connectivity index (χ0) is 36.2. The molecule has 11 rings (SSSR count). The smallest absolute Gasteiger partial charge is 0.371 e. The van der Waals surface area contributed by atoms with Gasteiger partial charge >= 0.3 is 6.09 Å². The molecule has 286 valence electrons. The first kappa shape index (κ1) is 35.6. The number of anilines is 1. The molecular formula is C42H60N2O8. The monoisotopic (exact) mass is 720 g/mol. The second kappa shape index (κ2) is 12.7. The Morgan fingerprint density at radius 3 is 2.00 bits per heavy atom. The fourth-order valence-electron chi connectivity index (χ4n) is 13.0. The molecule has 1 aromatic rings. The van der Waals surface area contributed by atoms with Gasteiger partial charge in [0.2, 0.25) is 0 Å². The molecule has 52 heavy (non-hydrogen) atoms. The largest absolute Gasteiger partial charge is 0.437 e. The summed E-state index contributed by atoms with van der Waals surface area (Å²) in [6, 6.07) is 7.68. The molecule has 10 heteroatoms. The Morgan fingerprint density at radius 1 is 0.788 bits per heavy atom. The standard InChI is InChI=1S/C42H60N2O8/c1-23-9-8-10-28(19-23)43-38(45)48-44-33(37-27(5)32-14-12-25(3)30-16-18-40(7)22-36(47-37)42(30,32)52-50-40)20-34-26(4)31-13-11-24(2)29-15-17-39(6)21-35(46-34)41(29,31)51-49-39/h8-10,19,24-27,29-32,34-37H,11-18,20-22H2,1-7H3,(H,43,45)/b44-33-/t24-,25-,26-,27-,29+,30+,31+,32+,34-,35-,36-,37+,39+,40+,41-,42-/m1/s1. The minimum atomic E-state index is -0.618. The lowest BCUT2D eigenvalue weighted by Gasteiger charge is -2.62. The molecule has 4 aliphatic carbocycles. The minimum absolute atomic E-state index is 0.0641. The summed E-state index contributed by atoms with van der Waals surface area (Å²) < 4.78 is 14.6. The van der Waals surface area contributed by atoms with E-state index in [0.29, 0.717) is 41.7 Å². The number of hydrogen-bond donors (Lipinski definition) is 1. The molecule has 4 bridgehead atoms. The first-order valence-electron chi connectivity index (χ1n) is 20.5. The van der Waals surface area contributed by atoms with Crippen molar-refractivity contribution in [2.75, 3.05) is 5.32 Å². The third-order valence-electron chi connectivity index (χ3n) is 15.8. The van der Waals surface area contributed by atoms with Crippen LogP contribution in [0, 0.1) is 54.3 Å². The highest BCUT2D eigenvalue weighted by Gasteiger charge is 2.70. The number of carbonyl (C=O) groups excluding carboxylic acids is 1. The van der Waals surface area contributed by atoms with Crippen molar-refractivity contribution in [2.45, 2.75) is 166 Å². The van der Waals surface area contributed by atoms with Gasteiger partial charge in [0.25, 0.3) is 0 Å². The van der Waals surface area contributed by atoms with Crippen molar-refractivity contribution in [1.82, 2.24) is 0 Å². The molecule has 6 saturated heterocycles. The molecule has 10 aliphatic rings. The lowest BCUT2D eigenvalue weighted by molar-refractivity contribution is -0.487. The average Bonchev–Trinajstić information content (AvgIpc) is 3.48. The van der Waals surface area contributed by atoms with Gasteiger partial charge in [-0.15, -0.1) is 0 Å². The van der Waals surface area contributed by atoms with Crippen LogP contribution in [0.1, 0.15) is 118 Å². The number of nitrogens with one attached hydrogen (secondary N) is 1. The molecule has 10 fully saturated rings. The number of ether oxygens (including phenoxy) is 2. The van der Waals surface area contributed by atoms with E-state index in [1.165, 1.54) is 6.42 Å². The lowest BCUT2D eigenvalue weighted by Crippen LogP contribution is -2.71. The Morgan fingerprint density at radius 2 is 1.38 bits per heavy atom.